The molecule has 0 aliphatic carbocycles. The van der Waals surface area contributed by atoms with Crippen molar-refractivity contribution in [3.8, 4) is 5.69 Å². The van der Waals surface area contributed by atoms with Gasteiger partial charge in [-0.2, -0.15) is 17.5 Å². The topological polar surface area (TPSA) is 59.8 Å². The Kier molecular flexibility index (Phi) is 5.13. The van der Waals surface area contributed by atoms with Crippen molar-refractivity contribution in [1.29, 1.82) is 0 Å². The number of pyridine rings is 1. The number of carbonyl (C=O) groups excluding carboxylic acids is 1. The summed E-state index contributed by atoms with van der Waals surface area (Å²) in [7, 11) is 0. The molecule has 0 saturated carbocycles. The van der Waals surface area contributed by atoms with Crippen LogP contribution in [0.25, 0.3) is 27.6 Å². The molecule has 5 rings (SSSR count). The normalized spacial score (nSPS) is 11.9. The predicted octanol–water partition coefficient (Wildman–Crippen LogP) is 5.89. The molecule has 5 nitrogen and oxygen atoms in total. The Bertz CT molecular complexity index is 1470. The monoisotopic (exact) mass is 466 g/mol. The molecule has 0 aliphatic heterocycles. The molecule has 5 aromatic rings. The first-order chi connectivity index (χ1) is 15.8. The van der Waals surface area contributed by atoms with E-state index in [-0.39, 0.29) is 5.91 Å². The van der Waals surface area contributed by atoms with Crippen LogP contribution in [-0.4, -0.2) is 19.8 Å². The Morgan fingerprint density at radius 3 is 2.48 bits per heavy atom. The van der Waals surface area contributed by atoms with Gasteiger partial charge in [0, 0.05) is 45.8 Å². The number of aromatic nitrogens is 3. The fraction of sp³-hybridized carbons (Fsp3) is 0.125. The quantitative estimate of drug-likeness (QED) is 0.359. The third kappa shape index (κ3) is 3.84. The number of hydrogen-bond acceptors (Lipinski definition) is 4. The lowest BCUT2D eigenvalue weighted by atomic mass is 10.1. The van der Waals surface area contributed by atoms with Crippen molar-refractivity contribution in [2.75, 3.05) is 0 Å². The Morgan fingerprint density at radius 1 is 1.06 bits per heavy atom. The minimum Gasteiger partial charge on any atom is -0.348 e. The van der Waals surface area contributed by atoms with Crippen LogP contribution in [0.3, 0.4) is 0 Å². The number of benzene rings is 2. The lowest BCUT2D eigenvalue weighted by Crippen LogP contribution is -2.22. The summed E-state index contributed by atoms with van der Waals surface area (Å²) in [6.45, 7) is 2.31. The van der Waals surface area contributed by atoms with Crippen LogP contribution in [0.15, 0.2) is 67.0 Å². The zero-order valence-electron chi connectivity index (χ0n) is 17.3. The first kappa shape index (κ1) is 21.1. The summed E-state index contributed by atoms with van der Waals surface area (Å²) in [6, 6.07) is 14.0. The van der Waals surface area contributed by atoms with Gasteiger partial charge in [0.2, 0.25) is 0 Å². The van der Waals surface area contributed by atoms with E-state index in [4.69, 9.17) is 0 Å². The Hall–Kier alpha value is -3.72. The van der Waals surface area contributed by atoms with Gasteiger partial charge in [0.05, 0.1) is 11.1 Å². The van der Waals surface area contributed by atoms with E-state index in [9.17, 15) is 18.0 Å². The third-order valence-corrected chi connectivity index (χ3v) is 6.22. The highest BCUT2D eigenvalue weighted by Crippen LogP contribution is 2.37. The summed E-state index contributed by atoms with van der Waals surface area (Å²) < 4.78 is 45.4. The van der Waals surface area contributed by atoms with Crippen LogP contribution in [-0.2, 0) is 12.7 Å². The van der Waals surface area contributed by atoms with E-state index >= 15 is 0 Å². The molecular formula is C24H17F3N4OS. The molecule has 1 amide bonds. The van der Waals surface area contributed by atoms with Gasteiger partial charge in [-0.05, 0) is 78.6 Å². The van der Waals surface area contributed by atoms with E-state index < -0.39 is 11.7 Å². The van der Waals surface area contributed by atoms with Crippen molar-refractivity contribution >= 4 is 39.4 Å². The lowest BCUT2D eigenvalue weighted by molar-refractivity contribution is -0.137. The summed E-state index contributed by atoms with van der Waals surface area (Å²) in [5.41, 5.74) is 2.72. The van der Waals surface area contributed by atoms with Gasteiger partial charge in [0.15, 0.2) is 5.65 Å². The van der Waals surface area contributed by atoms with Crippen molar-refractivity contribution in [2.24, 2.45) is 0 Å². The fourth-order valence-electron chi connectivity index (χ4n) is 3.86. The van der Waals surface area contributed by atoms with E-state index in [1.807, 2.05) is 29.7 Å². The minimum atomic E-state index is -4.40. The molecule has 0 aliphatic rings. The second kappa shape index (κ2) is 8.00. The number of nitrogens with zero attached hydrogens (tertiary/aromatic N) is 3. The molecule has 0 unspecified atom stereocenters. The molecule has 3 aromatic heterocycles. The van der Waals surface area contributed by atoms with Crippen LogP contribution in [0.5, 0.6) is 0 Å². The molecule has 0 atom stereocenters. The fourth-order valence-corrected chi connectivity index (χ4v) is 4.54. The highest BCUT2D eigenvalue weighted by Gasteiger charge is 2.30. The molecule has 33 heavy (non-hydrogen) atoms. The van der Waals surface area contributed by atoms with Gasteiger partial charge in [-0.15, -0.1) is 0 Å². The molecule has 0 saturated heterocycles. The second-order valence-electron chi connectivity index (χ2n) is 7.59. The van der Waals surface area contributed by atoms with E-state index in [0.717, 1.165) is 38.9 Å². The van der Waals surface area contributed by atoms with Crippen LogP contribution >= 0.6 is 11.5 Å². The van der Waals surface area contributed by atoms with Gasteiger partial charge in [-0.1, -0.05) is 0 Å². The summed E-state index contributed by atoms with van der Waals surface area (Å²) in [5.74, 6) is -0.218. The van der Waals surface area contributed by atoms with Crippen LogP contribution in [0.2, 0.25) is 0 Å². The van der Waals surface area contributed by atoms with Crippen molar-refractivity contribution in [1.82, 2.24) is 19.2 Å². The highest BCUT2D eigenvalue weighted by atomic mass is 32.1. The van der Waals surface area contributed by atoms with Gasteiger partial charge >= 0.3 is 6.18 Å². The number of alkyl halides is 3. The summed E-state index contributed by atoms with van der Waals surface area (Å²) >= 11 is 1.32. The predicted molar refractivity (Wildman–Crippen MR) is 122 cm³/mol. The number of nitrogens with one attached hydrogen (secondary N) is 1. The van der Waals surface area contributed by atoms with E-state index in [0.29, 0.717) is 23.4 Å². The lowest BCUT2D eigenvalue weighted by Gasteiger charge is -2.10. The second-order valence-corrected chi connectivity index (χ2v) is 8.56. The van der Waals surface area contributed by atoms with Gasteiger partial charge < -0.3 is 5.32 Å². The molecule has 3 heterocycles. The van der Waals surface area contributed by atoms with Gasteiger partial charge in [-0.3, -0.25) is 14.3 Å². The maximum atomic E-state index is 13.0. The van der Waals surface area contributed by atoms with Crippen LogP contribution in [0, 0.1) is 6.92 Å². The van der Waals surface area contributed by atoms with Crippen LogP contribution < -0.4 is 5.32 Å². The number of fused-ring (bicyclic) bond motifs is 3. The smallest absolute Gasteiger partial charge is 0.348 e. The average molecular weight is 466 g/mol. The maximum absolute atomic E-state index is 13.0. The summed E-state index contributed by atoms with van der Waals surface area (Å²) in [6.07, 6.45) is -1.07. The zero-order chi connectivity index (χ0) is 23.2. The Labute approximate surface area is 190 Å². The SMILES string of the molecule is Cc1snc2c1c1cc(C(=O)NCc3ccncc3)ccc1n2-c1ccc(C(F)(F)F)cc1. The molecular weight excluding hydrogens is 449 g/mol. The van der Waals surface area contributed by atoms with Gasteiger partial charge in [0.25, 0.3) is 5.91 Å². The molecule has 0 radical (unpaired) electrons. The average Bonchev–Trinajstić information content (AvgIpc) is 3.34. The minimum absolute atomic E-state index is 0.218. The van der Waals surface area contributed by atoms with E-state index in [1.54, 1.807) is 24.5 Å². The maximum Gasteiger partial charge on any atom is 0.416 e. The third-order valence-electron chi connectivity index (χ3n) is 5.48. The molecule has 166 valence electrons. The molecule has 0 fully saturated rings. The number of rotatable bonds is 4. The van der Waals surface area contributed by atoms with E-state index in [1.165, 1.54) is 23.7 Å². The summed E-state index contributed by atoms with van der Waals surface area (Å²) in [5, 5.41) is 4.62. The molecule has 9 heteroatoms. The van der Waals surface area contributed by atoms with Crippen molar-refractivity contribution in [3.63, 3.8) is 0 Å². The number of aryl methyl sites for hydroxylation is 1. The zero-order valence-corrected chi connectivity index (χ0v) is 18.2. The Morgan fingerprint density at radius 2 is 1.79 bits per heavy atom. The van der Waals surface area contributed by atoms with Gasteiger partial charge in [0.1, 0.15) is 0 Å². The first-order valence-corrected chi connectivity index (χ1v) is 10.9. The molecule has 0 spiro atoms. The van der Waals surface area contributed by atoms with E-state index in [2.05, 4.69) is 14.7 Å². The standard InChI is InChI=1S/C24H17F3N4OS/c1-14-21-19-12-16(23(32)29-13-15-8-10-28-11-9-15)2-7-20(19)31(22(21)30-33-14)18-5-3-17(4-6-18)24(25,26)27/h2-12H,13H2,1H3,(H,29,32). The highest BCUT2D eigenvalue weighted by molar-refractivity contribution is 7.07. The summed E-state index contributed by atoms with van der Waals surface area (Å²) in [4.78, 5) is 17.7. The number of carbonyl (C=O) groups is 1. The molecule has 2 aromatic carbocycles. The van der Waals surface area contributed by atoms with Gasteiger partial charge in [-0.25, -0.2) is 0 Å². The van der Waals surface area contributed by atoms with Crippen LogP contribution in [0.1, 0.15) is 26.4 Å². The first-order valence-electron chi connectivity index (χ1n) is 10.1. The Balaban J connectivity index is 1.55. The number of halogens is 3. The molecule has 1 N–H and O–H groups in total. The number of amides is 1. The number of hydrogen-bond donors (Lipinski definition) is 1. The largest absolute Gasteiger partial charge is 0.416 e. The van der Waals surface area contributed by atoms with Crippen LogP contribution in [0.4, 0.5) is 13.2 Å². The van der Waals surface area contributed by atoms with Crippen molar-refractivity contribution in [2.45, 2.75) is 19.6 Å². The van der Waals surface area contributed by atoms with Crippen molar-refractivity contribution in [3.05, 3.63) is 88.6 Å². The van der Waals surface area contributed by atoms with Crippen molar-refractivity contribution < 1.29 is 18.0 Å². The molecule has 0 bridgehead atoms.